The summed E-state index contributed by atoms with van der Waals surface area (Å²) in [7, 11) is 0. The Hall–Kier alpha value is -1.22. The van der Waals surface area contributed by atoms with Crippen LogP contribution in [0.5, 0.6) is 11.5 Å². The molecule has 0 spiro atoms. The average molecular weight is 277 g/mol. The maximum Gasteiger partial charge on any atom is 0.161 e. The van der Waals surface area contributed by atoms with Gasteiger partial charge in [0.25, 0.3) is 0 Å². The van der Waals surface area contributed by atoms with E-state index in [0.717, 1.165) is 24.5 Å². The van der Waals surface area contributed by atoms with Crippen molar-refractivity contribution in [2.45, 2.75) is 52.5 Å². The fraction of sp³-hybridized carbons (Fsp3) is 0.647. The van der Waals surface area contributed by atoms with E-state index < -0.39 is 0 Å². The van der Waals surface area contributed by atoms with E-state index in [1.54, 1.807) is 0 Å². The average Bonchev–Trinajstić information content (AvgIpc) is 2.63. The fourth-order valence-electron chi connectivity index (χ4n) is 2.97. The number of aryl methyl sites for hydroxylation is 1. The van der Waals surface area contributed by atoms with E-state index >= 15 is 0 Å². The standard InChI is InChI=1S/C17H27NO2/c1-4-18-15-10-8-7-9-13-11-16(19-5-2)17(20-6-3)12-14(13)15/h11-12,15,18H,4-10H2,1-3H3. The number of benzene rings is 1. The van der Waals surface area contributed by atoms with Crippen LogP contribution in [0, 0.1) is 0 Å². The smallest absolute Gasteiger partial charge is 0.161 e. The molecule has 3 heteroatoms. The van der Waals surface area contributed by atoms with Crippen molar-refractivity contribution in [3.8, 4) is 11.5 Å². The minimum absolute atomic E-state index is 0.451. The molecule has 0 aromatic heterocycles. The monoisotopic (exact) mass is 277 g/mol. The van der Waals surface area contributed by atoms with E-state index in [9.17, 15) is 0 Å². The van der Waals surface area contributed by atoms with Crippen LogP contribution in [-0.4, -0.2) is 19.8 Å². The van der Waals surface area contributed by atoms with Crippen LogP contribution >= 0.6 is 0 Å². The highest BCUT2D eigenvalue weighted by Crippen LogP contribution is 2.37. The molecule has 0 saturated carbocycles. The molecule has 3 nitrogen and oxygen atoms in total. The lowest BCUT2D eigenvalue weighted by Crippen LogP contribution is -2.21. The van der Waals surface area contributed by atoms with Crippen molar-refractivity contribution in [3.05, 3.63) is 23.3 Å². The molecule has 0 heterocycles. The van der Waals surface area contributed by atoms with E-state index in [4.69, 9.17) is 9.47 Å². The van der Waals surface area contributed by atoms with E-state index in [0.29, 0.717) is 19.3 Å². The molecular formula is C17H27NO2. The highest BCUT2D eigenvalue weighted by atomic mass is 16.5. The van der Waals surface area contributed by atoms with E-state index in [1.807, 2.05) is 13.8 Å². The lowest BCUT2D eigenvalue weighted by Gasteiger charge is -2.21. The van der Waals surface area contributed by atoms with E-state index in [-0.39, 0.29) is 0 Å². The summed E-state index contributed by atoms with van der Waals surface area (Å²) in [5.41, 5.74) is 2.82. The molecule has 1 aromatic carbocycles. The summed E-state index contributed by atoms with van der Waals surface area (Å²) in [5.74, 6) is 1.78. The molecule has 112 valence electrons. The van der Waals surface area contributed by atoms with Gasteiger partial charge in [-0.3, -0.25) is 0 Å². The first-order chi connectivity index (χ1) is 9.80. The Balaban J connectivity index is 2.39. The molecule has 0 saturated heterocycles. The number of nitrogens with one attached hydrogen (secondary N) is 1. The van der Waals surface area contributed by atoms with Crippen LogP contribution in [0.15, 0.2) is 12.1 Å². The molecule has 1 aliphatic rings. The van der Waals surface area contributed by atoms with Crippen molar-refractivity contribution in [2.24, 2.45) is 0 Å². The minimum atomic E-state index is 0.451. The van der Waals surface area contributed by atoms with Crippen molar-refractivity contribution in [1.29, 1.82) is 0 Å². The summed E-state index contributed by atoms with van der Waals surface area (Å²) in [6.45, 7) is 8.55. The molecule has 1 unspecified atom stereocenters. The van der Waals surface area contributed by atoms with Gasteiger partial charge in [-0.05, 0) is 62.9 Å². The predicted molar refractivity (Wildman–Crippen MR) is 82.8 cm³/mol. The third-order valence-electron chi connectivity index (χ3n) is 3.82. The lowest BCUT2D eigenvalue weighted by atomic mass is 9.98. The van der Waals surface area contributed by atoms with Gasteiger partial charge in [-0.1, -0.05) is 13.3 Å². The van der Waals surface area contributed by atoms with E-state index in [1.165, 1.54) is 30.4 Å². The van der Waals surface area contributed by atoms with Gasteiger partial charge in [0.1, 0.15) is 0 Å². The van der Waals surface area contributed by atoms with Gasteiger partial charge in [0.15, 0.2) is 11.5 Å². The Bertz CT molecular complexity index is 431. The molecule has 1 aliphatic carbocycles. The van der Waals surface area contributed by atoms with Gasteiger partial charge in [-0.25, -0.2) is 0 Å². The second kappa shape index (κ2) is 7.53. The quantitative estimate of drug-likeness (QED) is 0.801. The summed E-state index contributed by atoms with van der Waals surface area (Å²) < 4.78 is 11.5. The number of hydrogen-bond donors (Lipinski definition) is 1. The van der Waals surface area contributed by atoms with Gasteiger partial charge >= 0.3 is 0 Å². The maximum atomic E-state index is 5.77. The third-order valence-corrected chi connectivity index (χ3v) is 3.82. The summed E-state index contributed by atoms with van der Waals surface area (Å²) in [6, 6.07) is 4.84. The summed E-state index contributed by atoms with van der Waals surface area (Å²) in [6.07, 6.45) is 4.89. The topological polar surface area (TPSA) is 30.5 Å². The zero-order chi connectivity index (χ0) is 14.4. The molecule has 1 atom stereocenters. The third kappa shape index (κ3) is 3.45. The summed E-state index contributed by atoms with van der Waals surface area (Å²) >= 11 is 0. The van der Waals surface area contributed by atoms with Crippen LogP contribution in [0.4, 0.5) is 0 Å². The lowest BCUT2D eigenvalue weighted by molar-refractivity contribution is 0.287. The van der Waals surface area contributed by atoms with Crippen molar-refractivity contribution < 1.29 is 9.47 Å². The molecule has 2 rings (SSSR count). The molecular weight excluding hydrogens is 250 g/mol. The minimum Gasteiger partial charge on any atom is -0.490 e. The van der Waals surface area contributed by atoms with Crippen molar-refractivity contribution in [3.63, 3.8) is 0 Å². The van der Waals surface area contributed by atoms with Crippen LogP contribution < -0.4 is 14.8 Å². The Morgan fingerprint density at radius 2 is 1.75 bits per heavy atom. The SMILES string of the molecule is CCNC1CCCCc2cc(OCC)c(OCC)cc21. The molecule has 0 bridgehead atoms. The first-order valence-corrected chi connectivity index (χ1v) is 7.95. The first kappa shape index (κ1) is 15.2. The second-order valence-corrected chi connectivity index (χ2v) is 5.22. The number of ether oxygens (including phenoxy) is 2. The van der Waals surface area contributed by atoms with Crippen LogP contribution in [0.25, 0.3) is 0 Å². The van der Waals surface area contributed by atoms with Gasteiger partial charge in [0, 0.05) is 6.04 Å². The Labute approximate surface area is 122 Å². The Morgan fingerprint density at radius 3 is 2.40 bits per heavy atom. The van der Waals surface area contributed by atoms with Gasteiger partial charge in [-0.15, -0.1) is 0 Å². The van der Waals surface area contributed by atoms with Gasteiger partial charge < -0.3 is 14.8 Å². The van der Waals surface area contributed by atoms with Gasteiger partial charge in [0.05, 0.1) is 13.2 Å². The largest absolute Gasteiger partial charge is 0.490 e. The van der Waals surface area contributed by atoms with Crippen LogP contribution in [0.2, 0.25) is 0 Å². The van der Waals surface area contributed by atoms with Crippen LogP contribution in [-0.2, 0) is 6.42 Å². The van der Waals surface area contributed by atoms with Crippen LogP contribution in [0.1, 0.15) is 57.2 Å². The number of rotatable bonds is 6. The molecule has 1 N–H and O–H groups in total. The molecule has 0 radical (unpaired) electrons. The van der Waals surface area contributed by atoms with Crippen molar-refractivity contribution >= 4 is 0 Å². The molecule has 20 heavy (non-hydrogen) atoms. The molecule has 0 amide bonds. The summed E-state index contributed by atoms with van der Waals surface area (Å²) in [4.78, 5) is 0. The summed E-state index contributed by atoms with van der Waals surface area (Å²) in [5, 5.41) is 3.61. The zero-order valence-corrected chi connectivity index (χ0v) is 13.0. The second-order valence-electron chi connectivity index (χ2n) is 5.22. The normalized spacial score (nSPS) is 18.2. The van der Waals surface area contributed by atoms with Crippen molar-refractivity contribution in [1.82, 2.24) is 5.32 Å². The predicted octanol–water partition coefficient (Wildman–Crippen LogP) is 3.86. The van der Waals surface area contributed by atoms with Gasteiger partial charge in [0.2, 0.25) is 0 Å². The van der Waals surface area contributed by atoms with Crippen LogP contribution in [0.3, 0.4) is 0 Å². The number of hydrogen-bond acceptors (Lipinski definition) is 3. The highest BCUT2D eigenvalue weighted by Gasteiger charge is 2.21. The fourth-order valence-corrected chi connectivity index (χ4v) is 2.97. The van der Waals surface area contributed by atoms with Gasteiger partial charge in [-0.2, -0.15) is 0 Å². The Morgan fingerprint density at radius 1 is 1.05 bits per heavy atom. The Kier molecular flexibility index (Phi) is 5.72. The molecule has 0 fully saturated rings. The number of fused-ring (bicyclic) bond motifs is 1. The molecule has 0 aliphatic heterocycles. The van der Waals surface area contributed by atoms with E-state index in [2.05, 4.69) is 24.4 Å². The maximum absolute atomic E-state index is 5.77. The first-order valence-electron chi connectivity index (χ1n) is 7.95. The highest BCUT2D eigenvalue weighted by molar-refractivity contribution is 5.49. The molecule has 1 aromatic rings. The van der Waals surface area contributed by atoms with Crippen molar-refractivity contribution in [2.75, 3.05) is 19.8 Å². The zero-order valence-electron chi connectivity index (χ0n) is 13.0.